The fourth-order valence-electron chi connectivity index (χ4n) is 7.99. The minimum atomic E-state index is -0.0466. The number of pyridine rings is 2. The molecule has 0 radical (unpaired) electrons. The standard InChI is InChI=1S/C56H49N3O/c1-55(2,3)46-32-43(33-47(36-46)56(4,5)6)44-34-49(57-50(35-44)48-24-13-14-25-51(48)60)39-22-17-23-40(28-39)53-54(59-27-16-15-26-52(59)58-53)45-30-41(37-18-9-7-10-19-37)29-42(31-45)38-20-11-8-12-21-38/h7-36,60H,1-6H3. The van der Waals surface area contributed by atoms with Crippen LogP contribution in [-0.2, 0) is 10.8 Å². The first kappa shape index (κ1) is 38.5. The Labute approximate surface area is 353 Å². The highest BCUT2D eigenvalue weighted by Crippen LogP contribution is 2.41. The number of fused-ring (bicyclic) bond motifs is 1. The summed E-state index contributed by atoms with van der Waals surface area (Å²) in [4.78, 5) is 10.6. The predicted molar refractivity (Wildman–Crippen MR) is 250 cm³/mol. The molecule has 0 fully saturated rings. The molecule has 0 aliphatic heterocycles. The topological polar surface area (TPSA) is 50.4 Å². The minimum Gasteiger partial charge on any atom is -0.507 e. The van der Waals surface area contributed by atoms with Crippen LogP contribution in [0.5, 0.6) is 5.75 Å². The van der Waals surface area contributed by atoms with Gasteiger partial charge in [-0.15, -0.1) is 0 Å². The lowest BCUT2D eigenvalue weighted by molar-refractivity contribution is 0.477. The summed E-state index contributed by atoms with van der Waals surface area (Å²) in [7, 11) is 0. The quantitative estimate of drug-likeness (QED) is 0.175. The maximum atomic E-state index is 11.1. The molecule has 4 heteroatoms. The molecule has 6 aromatic carbocycles. The van der Waals surface area contributed by atoms with Crippen LogP contribution < -0.4 is 0 Å². The number of hydrogen-bond donors (Lipinski definition) is 1. The van der Waals surface area contributed by atoms with Crippen LogP contribution in [0.3, 0.4) is 0 Å². The van der Waals surface area contributed by atoms with Crippen LogP contribution in [0, 0.1) is 0 Å². The number of hydrogen-bond acceptors (Lipinski definition) is 3. The Bertz CT molecular complexity index is 2910. The Hall–Kier alpha value is -7.04. The summed E-state index contributed by atoms with van der Waals surface area (Å²) in [5.74, 6) is 0.197. The fraction of sp³-hybridized carbons (Fsp3) is 0.143. The van der Waals surface area contributed by atoms with Crippen LogP contribution in [0.25, 0.3) is 84.1 Å². The third-order valence-corrected chi connectivity index (χ3v) is 11.4. The number of phenols is 1. The predicted octanol–water partition coefficient (Wildman–Crippen LogP) is 14.7. The summed E-state index contributed by atoms with van der Waals surface area (Å²) in [5, 5.41) is 11.1. The second-order valence-electron chi connectivity index (χ2n) is 17.8. The number of rotatable bonds is 7. The van der Waals surface area contributed by atoms with E-state index in [9.17, 15) is 5.11 Å². The van der Waals surface area contributed by atoms with Crippen molar-refractivity contribution in [3.8, 4) is 84.2 Å². The zero-order valence-electron chi connectivity index (χ0n) is 35.1. The average Bonchev–Trinajstić information content (AvgIpc) is 3.66. The highest BCUT2D eigenvalue weighted by atomic mass is 16.3. The van der Waals surface area contributed by atoms with Crippen LogP contribution in [0.15, 0.2) is 182 Å². The van der Waals surface area contributed by atoms with Gasteiger partial charge in [-0.25, -0.2) is 9.97 Å². The van der Waals surface area contributed by atoms with Crippen LogP contribution >= 0.6 is 0 Å². The van der Waals surface area contributed by atoms with Gasteiger partial charge in [-0.1, -0.05) is 157 Å². The average molecular weight is 780 g/mol. The van der Waals surface area contributed by atoms with Crippen molar-refractivity contribution in [1.29, 1.82) is 0 Å². The van der Waals surface area contributed by atoms with Crippen molar-refractivity contribution in [2.45, 2.75) is 52.4 Å². The summed E-state index contributed by atoms with van der Waals surface area (Å²) < 4.78 is 2.20. The fourth-order valence-corrected chi connectivity index (χ4v) is 7.99. The number of imidazole rings is 1. The van der Waals surface area contributed by atoms with Gasteiger partial charge < -0.3 is 5.11 Å². The molecule has 9 rings (SSSR count). The van der Waals surface area contributed by atoms with Crippen molar-refractivity contribution < 1.29 is 5.11 Å². The Balaban J connectivity index is 1.25. The van der Waals surface area contributed by atoms with Crippen LogP contribution in [-0.4, -0.2) is 19.5 Å². The maximum absolute atomic E-state index is 11.1. The number of nitrogens with zero attached hydrogens (tertiary/aromatic N) is 3. The summed E-state index contributed by atoms with van der Waals surface area (Å²) in [6.07, 6.45) is 2.10. The van der Waals surface area contributed by atoms with Gasteiger partial charge in [-0.05, 0) is 116 Å². The summed E-state index contributed by atoms with van der Waals surface area (Å²) in [6, 6.07) is 61.5. The molecule has 0 saturated carbocycles. The Morgan fingerprint density at radius 1 is 0.400 bits per heavy atom. The molecule has 3 heterocycles. The van der Waals surface area contributed by atoms with E-state index in [0.29, 0.717) is 11.3 Å². The SMILES string of the molecule is CC(C)(C)c1cc(-c2cc(-c3cccc(-c4nc5ccccn5c4-c4cc(-c5ccccc5)cc(-c5ccccc5)c4)c3)nc(-c3ccccc3O)c2)cc(C(C)(C)C)c1. The first-order valence-electron chi connectivity index (χ1n) is 20.7. The van der Waals surface area contributed by atoms with Crippen LogP contribution in [0.2, 0.25) is 0 Å². The number of benzene rings is 6. The van der Waals surface area contributed by atoms with Gasteiger partial charge in [-0.3, -0.25) is 4.40 Å². The van der Waals surface area contributed by atoms with Crippen LogP contribution in [0.1, 0.15) is 52.7 Å². The molecule has 9 aromatic rings. The lowest BCUT2D eigenvalue weighted by atomic mass is 9.79. The highest BCUT2D eigenvalue weighted by Gasteiger charge is 2.23. The van der Waals surface area contributed by atoms with E-state index in [0.717, 1.165) is 72.8 Å². The number of aromatic hydroxyl groups is 1. The van der Waals surface area contributed by atoms with E-state index in [4.69, 9.17) is 9.97 Å². The van der Waals surface area contributed by atoms with Gasteiger partial charge in [0.25, 0.3) is 0 Å². The zero-order valence-corrected chi connectivity index (χ0v) is 35.1. The van der Waals surface area contributed by atoms with Gasteiger partial charge in [0, 0.05) is 28.5 Å². The Kier molecular flexibility index (Phi) is 9.80. The molecule has 0 saturated heterocycles. The molecule has 0 spiro atoms. The van der Waals surface area contributed by atoms with Crippen molar-refractivity contribution in [3.05, 3.63) is 193 Å². The number of phenolic OH excluding ortho intramolecular Hbond substituents is 1. The Morgan fingerprint density at radius 3 is 1.53 bits per heavy atom. The Morgan fingerprint density at radius 2 is 0.900 bits per heavy atom. The van der Waals surface area contributed by atoms with E-state index >= 15 is 0 Å². The third kappa shape index (κ3) is 7.65. The summed E-state index contributed by atoms with van der Waals surface area (Å²) >= 11 is 0. The van der Waals surface area contributed by atoms with E-state index in [1.807, 2.05) is 24.3 Å². The summed E-state index contributed by atoms with van der Waals surface area (Å²) in [6.45, 7) is 13.6. The molecular formula is C56H49N3O. The monoisotopic (exact) mass is 779 g/mol. The van der Waals surface area contributed by atoms with E-state index in [-0.39, 0.29) is 16.6 Å². The van der Waals surface area contributed by atoms with Gasteiger partial charge in [0.05, 0.1) is 22.8 Å². The molecule has 0 atom stereocenters. The number of para-hydroxylation sites is 1. The van der Waals surface area contributed by atoms with Crippen molar-refractivity contribution in [2.24, 2.45) is 0 Å². The van der Waals surface area contributed by atoms with Gasteiger partial charge in [0.2, 0.25) is 0 Å². The molecule has 60 heavy (non-hydrogen) atoms. The van der Waals surface area contributed by atoms with Crippen molar-refractivity contribution >= 4 is 5.65 Å². The third-order valence-electron chi connectivity index (χ3n) is 11.4. The molecule has 0 aliphatic rings. The zero-order chi connectivity index (χ0) is 41.6. The first-order chi connectivity index (χ1) is 28.9. The van der Waals surface area contributed by atoms with Gasteiger partial charge in [0.1, 0.15) is 11.4 Å². The first-order valence-corrected chi connectivity index (χ1v) is 20.7. The summed E-state index contributed by atoms with van der Waals surface area (Å²) in [5.41, 5.74) is 17.2. The smallest absolute Gasteiger partial charge is 0.137 e. The second kappa shape index (κ2) is 15.3. The molecule has 3 aromatic heterocycles. The second-order valence-corrected chi connectivity index (χ2v) is 17.8. The van der Waals surface area contributed by atoms with E-state index in [1.54, 1.807) is 6.07 Å². The molecule has 0 aliphatic carbocycles. The van der Waals surface area contributed by atoms with Gasteiger partial charge in [0.15, 0.2) is 0 Å². The maximum Gasteiger partial charge on any atom is 0.137 e. The van der Waals surface area contributed by atoms with Gasteiger partial charge >= 0.3 is 0 Å². The van der Waals surface area contributed by atoms with E-state index < -0.39 is 0 Å². The molecular weight excluding hydrogens is 731 g/mol. The lowest BCUT2D eigenvalue weighted by Crippen LogP contribution is -2.16. The van der Waals surface area contributed by atoms with Crippen molar-refractivity contribution in [3.63, 3.8) is 0 Å². The molecule has 0 bridgehead atoms. The molecule has 0 amide bonds. The van der Waals surface area contributed by atoms with Gasteiger partial charge in [-0.2, -0.15) is 0 Å². The van der Waals surface area contributed by atoms with Crippen LogP contribution in [0.4, 0.5) is 0 Å². The van der Waals surface area contributed by atoms with E-state index in [2.05, 4.69) is 198 Å². The molecule has 0 unspecified atom stereocenters. The largest absolute Gasteiger partial charge is 0.507 e. The van der Waals surface area contributed by atoms with Crippen molar-refractivity contribution in [2.75, 3.05) is 0 Å². The lowest BCUT2D eigenvalue weighted by Gasteiger charge is -2.26. The van der Waals surface area contributed by atoms with E-state index in [1.165, 1.54) is 11.1 Å². The minimum absolute atomic E-state index is 0.0466. The molecule has 294 valence electrons. The molecule has 1 N–H and O–H groups in total. The van der Waals surface area contributed by atoms with Crippen molar-refractivity contribution in [1.82, 2.24) is 14.4 Å². The highest BCUT2D eigenvalue weighted by molar-refractivity contribution is 5.89. The molecule has 4 nitrogen and oxygen atoms in total. The number of aromatic nitrogens is 3. The normalized spacial score (nSPS) is 11.9.